The second-order valence-corrected chi connectivity index (χ2v) is 8.71. The van der Waals surface area contributed by atoms with E-state index in [0.717, 1.165) is 42.6 Å². The molecule has 3 unspecified atom stereocenters. The number of hydrogen-bond donors (Lipinski definition) is 0. The van der Waals surface area contributed by atoms with Crippen LogP contribution in [0, 0.1) is 11.7 Å². The third kappa shape index (κ3) is 3.57. The van der Waals surface area contributed by atoms with Crippen molar-refractivity contribution in [1.29, 1.82) is 0 Å². The summed E-state index contributed by atoms with van der Waals surface area (Å²) in [6, 6.07) is 13.2. The normalized spacial score (nSPS) is 24.8. The number of rotatable bonds is 5. The highest BCUT2D eigenvalue weighted by Crippen LogP contribution is 2.46. The number of benzene rings is 2. The zero-order valence-corrected chi connectivity index (χ0v) is 18.1. The summed E-state index contributed by atoms with van der Waals surface area (Å²) in [6.45, 7) is 0.423. The van der Waals surface area contributed by atoms with Crippen LogP contribution in [-0.4, -0.2) is 36.3 Å². The molecule has 0 bridgehead atoms. The van der Waals surface area contributed by atoms with Crippen LogP contribution in [0.5, 0.6) is 5.75 Å². The van der Waals surface area contributed by atoms with Gasteiger partial charge in [0.2, 0.25) is 0 Å². The molecule has 1 saturated carbocycles. The Morgan fingerprint density at radius 2 is 1.75 bits per heavy atom. The van der Waals surface area contributed by atoms with Crippen molar-refractivity contribution in [3.63, 3.8) is 0 Å². The fraction of sp³-hybridized carbons (Fsp3) is 0.385. The first-order chi connectivity index (χ1) is 15.6. The summed E-state index contributed by atoms with van der Waals surface area (Å²) in [5.41, 5.74) is 2.23. The van der Waals surface area contributed by atoms with Gasteiger partial charge in [0.1, 0.15) is 17.7 Å². The number of nitrogens with zero attached hydrogens (tertiary/aromatic N) is 1. The average Bonchev–Trinajstić information content (AvgIpc) is 3.10. The first-order valence-electron chi connectivity index (χ1n) is 11.2. The number of halogens is 1. The van der Waals surface area contributed by atoms with Crippen molar-refractivity contribution in [2.45, 2.75) is 44.2 Å². The predicted octanol–water partition coefficient (Wildman–Crippen LogP) is 4.37. The van der Waals surface area contributed by atoms with Gasteiger partial charge in [-0.25, -0.2) is 4.39 Å². The van der Waals surface area contributed by atoms with Crippen LogP contribution in [0.15, 0.2) is 59.9 Å². The van der Waals surface area contributed by atoms with Crippen molar-refractivity contribution in [1.82, 2.24) is 4.90 Å². The van der Waals surface area contributed by atoms with Crippen molar-refractivity contribution in [3.8, 4) is 5.75 Å². The van der Waals surface area contributed by atoms with E-state index in [4.69, 9.17) is 9.47 Å². The van der Waals surface area contributed by atoms with Crippen LogP contribution < -0.4 is 4.74 Å². The predicted molar refractivity (Wildman–Crippen MR) is 116 cm³/mol. The van der Waals surface area contributed by atoms with Crippen molar-refractivity contribution in [2.75, 3.05) is 13.7 Å². The van der Waals surface area contributed by atoms with Gasteiger partial charge < -0.3 is 14.4 Å². The Morgan fingerprint density at radius 3 is 2.47 bits per heavy atom. The number of fused-ring (bicyclic) bond motifs is 1. The number of carbonyl (C=O) groups excluding carboxylic acids is 2. The Labute approximate surface area is 186 Å². The molecule has 5 nitrogen and oxygen atoms in total. The van der Waals surface area contributed by atoms with Crippen molar-refractivity contribution >= 4 is 11.7 Å². The zero-order valence-electron chi connectivity index (χ0n) is 18.1. The average molecular weight is 435 g/mol. The molecule has 1 amide bonds. The van der Waals surface area contributed by atoms with E-state index >= 15 is 0 Å². The lowest BCUT2D eigenvalue weighted by Gasteiger charge is -2.35. The third-order valence-electron chi connectivity index (χ3n) is 6.85. The summed E-state index contributed by atoms with van der Waals surface area (Å²) < 4.78 is 25.0. The first-order valence-corrected chi connectivity index (χ1v) is 11.2. The number of amides is 1. The summed E-state index contributed by atoms with van der Waals surface area (Å²) in [5, 5.41) is 0. The molecule has 32 heavy (non-hydrogen) atoms. The minimum Gasteiger partial charge on any atom is -0.497 e. The monoisotopic (exact) mass is 435 g/mol. The van der Waals surface area contributed by atoms with Gasteiger partial charge in [0.05, 0.1) is 24.6 Å². The van der Waals surface area contributed by atoms with E-state index in [9.17, 15) is 14.0 Å². The quantitative estimate of drug-likeness (QED) is 0.700. The van der Waals surface area contributed by atoms with Gasteiger partial charge in [0.15, 0.2) is 11.5 Å². The van der Waals surface area contributed by atoms with Gasteiger partial charge in [0, 0.05) is 6.54 Å². The molecule has 0 N–H and O–H groups in total. The van der Waals surface area contributed by atoms with Crippen molar-refractivity contribution in [2.24, 2.45) is 5.92 Å². The summed E-state index contributed by atoms with van der Waals surface area (Å²) in [5.74, 6) is 0.192. The molecule has 5 rings (SSSR count). The molecule has 3 atom stereocenters. The van der Waals surface area contributed by atoms with E-state index in [1.165, 1.54) is 12.1 Å². The van der Waals surface area contributed by atoms with Gasteiger partial charge in [-0.2, -0.15) is 0 Å². The lowest BCUT2D eigenvalue weighted by atomic mass is 9.77. The van der Waals surface area contributed by atoms with Gasteiger partial charge >= 0.3 is 0 Å². The minimum atomic E-state index is -0.549. The molecule has 1 fully saturated rings. The summed E-state index contributed by atoms with van der Waals surface area (Å²) in [6.07, 6.45) is 4.00. The van der Waals surface area contributed by atoms with Crippen LogP contribution in [0.1, 0.15) is 42.9 Å². The van der Waals surface area contributed by atoms with Crippen LogP contribution in [0.2, 0.25) is 0 Å². The number of hydrogen-bond acceptors (Lipinski definition) is 4. The fourth-order valence-corrected chi connectivity index (χ4v) is 5.16. The minimum absolute atomic E-state index is 0.0190. The molecule has 6 heteroatoms. The van der Waals surface area contributed by atoms with E-state index in [2.05, 4.69) is 0 Å². The molecule has 3 aliphatic rings. The standard InChI is InChI=1S/C26H26FNO4/c1-31-19-12-6-16(7-13-19)14-15-28-23(17-8-10-18(27)11-9-17)22-24(29)20-4-2-3-5-21(20)32-25(22)26(28)30/h6-13,20-21,23H,2-5,14-15H2,1H3. The number of ketones is 1. The van der Waals surface area contributed by atoms with Crippen LogP contribution in [0.3, 0.4) is 0 Å². The van der Waals surface area contributed by atoms with E-state index in [0.29, 0.717) is 18.5 Å². The molecular weight excluding hydrogens is 409 g/mol. The Bertz CT molecular complexity index is 1060. The molecule has 2 aromatic carbocycles. The van der Waals surface area contributed by atoms with Gasteiger partial charge in [-0.3, -0.25) is 9.59 Å². The number of methoxy groups -OCH3 is 1. The van der Waals surface area contributed by atoms with E-state index in [1.54, 1.807) is 24.1 Å². The largest absolute Gasteiger partial charge is 0.497 e. The highest BCUT2D eigenvalue weighted by Gasteiger charge is 2.51. The second-order valence-electron chi connectivity index (χ2n) is 8.71. The molecule has 0 aromatic heterocycles. The highest BCUT2D eigenvalue weighted by atomic mass is 19.1. The Hall–Kier alpha value is -3.15. The smallest absolute Gasteiger partial charge is 0.290 e. The van der Waals surface area contributed by atoms with E-state index in [-0.39, 0.29) is 35.3 Å². The first kappa shape index (κ1) is 20.7. The number of Topliss-reactive ketones (excluding diaryl/α,β-unsaturated/α-hetero) is 1. The lowest BCUT2D eigenvalue weighted by Crippen LogP contribution is -2.39. The molecule has 2 heterocycles. The summed E-state index contributed by atoms with van der Waals surface area (Å²) >= 11 is 0. The van der Waals surface area contributed by atoms with Gasteiger partial charge in [-0.1, -0.05) is 30.7 Å². The summed E-state index contributed by atoms with van der Waals surface area (Å²) in [7, 11) is 1.62. The Morgan fingerprint density at radius 1 is 1.03 bits per heavy atom. The SMILES string of the molecule is COc1ccc(CCN2C(=O)C3=C(C(=O)C4CCCCC4O3)C2c2ccc(F)cc2)cc1. The summed E-state index contributed by atoms with van der Waals surface area (Å²) in [4.78, 5) is 28.7. The molecule has 2 aromatic rings. The molecule has 0 saturated heterocycles. The third-order valence-corrected chi connectivity index (χ3v) is 6.85. The maximum Gasteiger partial charge on any atom is 0.290 e. The Kier molecular flexibility index (Phi) is 5.45. The van der Waals surface area contributed by atoms with Crippen molar-refractivity contribution in [3.05, 3.63) is 76.8 Å². The maximum atomic E-state index is 13.6. The molecule has 0 spiro atoms. The number of carbonyl (C=O) groups is 2. The van der Waals surface area contributed by atoms with Gasteiger partial charge in [-0.05, 0) is 61.1 Å². The van der Waals surface area contributed by atoms with Crippen LogP contribution in [0.4, 0.5) is 4.39 Å². The highest BCUT2D eigenvalue weighted by molar-refractivity contribution is 6.11. The van der Waals surface area contributed by atoms with E-state index in [1.807, 2.05) is 24.3 Å². The topological polar surface area (TPSA) is 55.8 Å². The van der Waals surface area contributed by atoms with Crippen LogP contribution in [0.25, 0.3) is 0 Å². The molecule has 1 aliphatic carbocycles. The van der Waals surface area contributed by atoms with E-state index < -0.39 is 6.04 Å². The van der Waals surface area contributed by atoms with Crippen molar-refractivity contribution < 1.29 is 23.5 Å². The number of ether oxygens (including phenoxy) is 2. The fourth-order valence-electron chi connectivity index (χ4n) is 5.16. The van der Waals surface area contributed by atoms with Crippen LogP contribution >= 0.6 is 0 Å². The molecule has 2 aliphatic heterocycles. The zero-order chi connectivity index (χ0) is 22.2. The van der Waals surface area contributed by atoms with Crippen LogP contribution in [-0.2, 0) is 20.7 Å². The molecule has 0 radical (unpaired) electrons. The second kappa shape index (κ2) is 8.41. The Balaban J connectivity index is 1.47. The molecular formula is C26H26FNO4. The molecule has 166 valence electrons. The van der Waals surface area contributed by atoms with Gasteiger partial charge in [0.25, 0.3) is 5.91 Å². The maximum absolute atomic E-state index is 13.6. The van der Waals surface area contributed by atoms with Gasteiger partial charge in [-0.15, -0.1) is 0 Å². The lowest BCUT2D eigenvalue weighted by molar-refractivity contribution is -0.135.